The topological polar surface area (TPSA) is 95.2 Å². The molecule has 120 valence electrons. The third kappa shape index (κ3) is 4.28. The maximum absolute atomic E-state index is 12.3. The number of sulfonamides is 1. The summed E-state index contributed by atoms with van der Waals surface area (Å²) in [4.78, 5) is 13.4. The van der Waals surface area contributed by atoms with Crippen molar-refractivity contribution in [2.24, 2.45) is 0 Å². The van der Waals surface area contributed by atoms with Crippen molar-refractivity contribution < 1.29 is 13.2 Å². The second-order valence-electron chi connectivity index (χ2n) is 5.13. The van der Waals surface area contributed by atoms with Crippen LogP contribution in [-0.4, -0.2) is 48.6 Å². The number of hydrogen-bond donors (Lipinski definition) is 2. The number of carbonyl (C=O) groups excluding carboxylic acids is 1. The molecule has 1 aromatic rings. The maximum Gasteiger partial charge on any atom is 0.244 e. The number of aromatic amines is 1. The van der Waals surface area contributed by atoms with Gasteiger partial charge in [-0.05, 0) is 27.2 Å². The zero-order valence-corrected chi connectivity index (χ0v) is 14.0. The van der Waals surface area contributed by atoms with Crippen molar-refractivity contribution in [3.05, 3.63) is 11.4 Å². The summed E-state index contributed by atoms with van der Waals surface area (Å²) in [6.45, 7) is 9.25. The van der Waals surface area contributed by atoms with Gasteiger partial charge < -0.3 is 4.90 Å². The molecule has 0 aliphatic heterocycles. The first-order valence-corrected chi connectivity index (χ1v) is 8.47. The Bertz CT molecular complexity index is 575. The van der Waals surface area contributed by atoms with Gasteiger partial charge in [0.05, 0.1) is 11.4 Å². The molecule has 2 N–H and O–H groups in total. The van der Waals surface area contributed by atoms with Crippen molar-refractivity contribution >= 4 is 15.9 Å². The van der Waals surface area contributed by atoms with Crippen LogP contribution in [0.1, 0.15) is 38.6 Å². The third-order valence-electron chi connectivity index (χ3n) is 3.50. The average molecular weight is 316 g/mol. The summed E-state index contributed by atoms with van der Waals surface area (Å²) in [7, 11) is -3.61. The van der Waals surface area contributed by atoms with E-state index in [1.165, 1.54) is 6.92 Å². The standard InChI is InChI=1S/C13H24N4O3S/c1-6-9(2)17(12(5)18)8-7-14-21(19,20)13-10(3)15-16-11(13)4/h9,14H,6-8H2,1-5H3,(H,15,16). The number of hydrogen-bond acceptors (Lipinski definition) is 4. The summed E-state index contributed by atoms with van der Waals surface area (Å²) in [6, 6.07) is 0.0874. The Morgan fingerprint density at radius 2 is 2.05 bits per heavy atom. The lowest BCUT2D eigenvalue weighted by Gasteiger charge is -2.27. The fourth-order valence-electron chi connectivity index (χ4n) is 2.22. The molecule has 1 amide bonds. The molecule has 0 aromatic carbocycles. The number of nitrogens with one attached hydrogen (secondary N) is 2. The average Bonchev–Trinajstić information content (AvgIpc) is 2.73. The first-order valence-electron chi connectivity index (χ1n) is 6.99. The fourth-order valence-corrected chi connectivity index (χ4v) is 3.61. The second-order valence-corrected chi connectivity index (χ2v) is 6.83. The normalized spacial score (nSPS) is 13.2. The highest BCUT2D eigenvalue weighted by Gasteiger charge is 2.22. The van der Waals surface area contributed by atoms with Crippen molar-refractivity contribution in [2.45, 2.75) is 52.0 Å². The van der Waals surface area contributed by atoms with Gasteiger partial charge >= 0.3 is 0 Å². The predicted molar refractivity (Wildman–Crippen MR) is 80.4 cm³/mol. The van der Waals surface area contributed by atoms with Crippen molar-refractivity contribution in [2.75, 3.05) is 13.1 Å². The Morgan fingerprint density at radius 3 is 2.48 bits per heavy atom. The number of carbonyl (C=O) groups is 1. The molecule has 1 atom stereocenters. The summed E-state index contributed by atoms with van der Waals surface area (Å²) >= 11 is 0. The van der Waals surface area contributed by atoms with Crippen LogP contribution in [0.25, 0.3) is 0 Å². The second kappa shape index (κ2) is 7.04. The highest BCUT2D eigenvalue weighted by atomic mass is 32.2. The first kappa shape index (κ1) is 17.6. The van der Waals surface area contributed by atoms with Crippen LogP contribution in [0, 0.1) is 13.8 Å². The fraction of sp³-hybridized carbons (Fsp3) is 0.692. The lowest BCUT2D eigenvalue weighted by Crippen LogP contribution is -2.42. The third-order valence-corrected chi connectivity index (χ3v) is 5.22. The van der Waals surface area contributed by atoms with Crippen LogP contribution in [-0.2, 0) is 14.8 Å². The van der Waals surface area contributed by atoms with Gasteiger partial charge in [-0.25, -0.2) is 13.1 Å². The molecule has 21 heavy (non-hydrogen) atoms. The van der Waals surface area contributed by atoms with Crippen molar-refractivity contribution in [1.82, 2.24) is 19.8 Å². The summed E-state index contributed by atoms with van der Waals surface area (Å²) in [6.07, 6.45) is 0.826. The van der Waals surface area contributed by atoms with Gasteiger partial charge in [-0.1, -0.05) is 6.92 Å². The molecule has 0 spiro atoms. The Kier molecular flexibility index (Phi) is 5.91. The molecular formula is C13H24N4O3S. The number of H-pyrrole nitrogens is 1. The number of aryl methyl sites for hydroxylation is 2. The van der Waals surface area contributed by atoms with Gasteiger partial charge in [-0.3, -0.25) is 9.89 Å². The smallest absolute Gasteiger partial charge is 0.244 e. The van der Waals surface area contributed by atoms with Crippen LogP contribution in [0.2, 0.25) is 0 Å². The summed E-state index contributed by atoms with van der Waals surface area (Å²) in [5.74, 6) is -0.0563. The predicted octanol–water partition coefficient (Wildman–Crippen LogP) is 0.952. The molecule has 8 heteroatoms. The van der Waals surface area contributed by atoms with E-state index in [1.807, 2.05) is 13.8 Å². The van der Waals surface area contributed by atoms with Crippen LogP contribution < -0.4 is 4.72 Å². The quantitative estimate of drug-likeness (QED) is 0.783. The van der Waals surface area contributed by atoms with E-state index in [0.29, 0.717) is 17.9 Å². The molecule has 0 aliphatic rings. The van der Waals surface area contributed by atoms with Gasteiger partial charge in [0.2, 0.25) is 15.9 Å². The van der Waals surface area contributed by atoms with Gasteiger partial charge in [-0.2, -0.15) is 5.10 Å². The SMILES string of the molecule is CCC(C)N(CCNS(=O)(=O)c1c(C)n[nH]c1C)C(C)=O. The molecule has 0 fully saturated rings. The highest BCUT2D eigenvalue weighted by molar-refractivity contribution is 7.89. The molecular weight excluding hydrogens is 292 g/mol. The maximum atomic E-state index is 12.3. The van der Waals surface area contributed by atoms with E-state index in [2.05, 4.69) is 14.9 Å². The molecule has 1 rings (SSSR count). The lowest BCUT2D eigenvalue weighted by molar-refractivity contribution is -0.130. The minimum Gasteiger partial charge on any atom is -0.339 e. The van der Waals surface area contributed by atoms with E-state index >= 15 is 0 Å². The molecule has 1 unspecified atom stereocenters. The number of nitrogens with zero attached hydrogens (tertiary/aromatic N) is 2. The van der Waals surface area contributed by atoms with E-state index in [9.17, 15) is 13.2 Å². The molecule has 1 aromatic heterocycles. The largest absolute Gasteiger partial charge is 0.339 e. The highest BCUT2D eigenvalue weighted by Crippen LogP contribution is 2.16. The summed E-state index contributed by atoms with van der Waals surface area (Å²) in [5.41, 5.74) is 0.940. The zero-order valence-electron chi connectivity index (χ0n) is 13.2. The van der Waals surface area contributed by atoms with E-state index in [-0.39, 0.29) is 23.4 Å². The van der Waals surface area contributed by atoms with Crippen molar-refractivity contribution in [3.8, 4) is 0 Å². The van der Waals surface area contributed by atoms with Crippen LogP contribution in [0.4, 0.5) is 0 Å². The minimum atomic E-state index is -3.61. The molecule has 0 saturated heterocycles. The summed E-state index contributed by atoms with van der Waals surface area (Å²) < 4.78 is 27.0. The van der Waals surface area contributed by atoms with Gasteiger partial charge in [-0.15, -0.1) is 0 Å². The first-order chi connectivity index (χ1) is 9.70. The monoisotopic (exact) mass is 316 g/mol. The molecule has 0 aliphatic carbocycles. The Morgan fingerprint density at radius 1 is 1.43 bits per heavy atom. The Hall–Kier alpha value is -1.41. The molecule has 0 radical (unpaired) electrons. The minimum absolute atomic E-state index is 0.0563. The van der Waals surface area contributed by atoms with Crippen molar-refractivity contribution in [1.29, 1.82) is 0 Å². The number of aromatic nitrogens is 2. The van der Waals surface area contributed by atoms with E-state index in [4.69, 9.17) is 0 Å². The number of amides is 1. The Labute approximate surface area is 126 Å². The number of rotatable bonds is 7. The van der Waals surface area contributed by atoms with Crippen molar-refractivity contribution in [3.63, 3.8) is 0 Å². The molecule has 7 nitrogen and oxygen atoms in total. The van der Waals surface area contributed by atoms with Crippen LogP contribution in [0.5, 0.6) is 0 Å². The van der Waals surface area contributed by atoms with E-state index < -0.39 is 10.0 Å². The Balaban J connectivity index is 2.73. The zero-order chi connectivity index (χ0) is 16.2. The van der Waals surface area contributed by atoms with Crippen LogP contribution in [0.15, 0.2) is 4.90 Å². The van der Waals surface area contributed by atoms with Gasteiger partial charge in [0.15, 0.2) is 0 Å². The lowest BCUT2D eigenvalue weighted by atomic mass is 10.2. The van der Waals surface area contributed by atoms with Crippen LogP contribution >= 0.6 is 0 Å². The van der Waals surface area contributed by atoms with Gasteiger partial charge in [0.1, 0.15) is 4.90 Å². The van der Waals surface area contributed by atoms with E-state index in [1.54, 1.807) is 18.7 Å². The van der Waals surface area contributed by atoms with Crippen LogP contribution in [0.3, 0.4) is 0 Å². The van der Waals surface area contributed by atoms with E-state index in [0.717, 1.165) is 6.42 Å². The summed E-state index contributed by atoms with van der Waals surface area (Å²) in [5, 5.41) is 6.54. The molecule has 0 bridgehead atoms. The molecule has 1 heterocycles. The molecule has 0 saturated carbocycles. The van der Waals surface area contributed by atoms with Gasteiger partial charge in [0.25, 0.3) is 0 Å². The van der Waals surface area contributed by atoms with Gasteiger partial charge in [0, 0.05) is 26.1 Å².